The molecule has 0 aliphatic carbocycles. The van der Waals surface area contributed by atoms with Crippen LogP contribution in [0.2, 0.25) is 0 Å². The van der Waals surface area contributed by atoms with Crippen molar-refractivity contribution in [1.82, 2.24) is 13.5 Å². The molecule has 144 valence electrons. The van der Waals surface area contributed by atoms with Crippen molar-refractivity contribution in [2.45, 2.75) is 32.6 Å². The predicted molar refractivity (Wildman–Crippen MR) is 92.8 cm³/mol. The third kappa shape index (κ3) is 4.71. The Balaban J connectivity index is 1.92. The minimum Gasteiger partial charge on any atom is -0.466 e. The van der Waals surface area contributed by atoms with Gasteiger partial charge >= 0.3 is 5.97 Å². The second-order valence-electron chi connectivity index (χ2n) is 6.84. The Bertz CT molecular complexity index is 585. The number of amides is 1. The van der Waals surface area contributed by atoms with Crippen molar-refractivity contribution in [1.29, 1.82) is 0 Å². The summed E-state index contributed by atoms with van der Waals surface area (Å²) in [7, 11) is -0.487. The number of rotatable bonds is 5. The van der Waals surface area contributed by atoms with E-state index in [1.807, 2.05) is 0 Å². The molecule has 2 aliphatic rings. The quantitative estimate of drug-likeness (QED) is 0.645. The van der Waals surface area contributed by atoms with Crippen LogP contribution in [0.25, 0.3) is 0 Å². The molecule has 1 unspecified atom stereocenters. The molecule has 0 N–H and O–H groups in total. The number of likely N-dealkylation sites (tertiary alicyclic amines) is 1. The number of nitrogens with zero attached hydrogens (tertiary/aromatic N) is 3. The highest BCUT2D eigenvalue weighted by molar-refractivity contribution is 7.86. The van der Waals surface area contributed by atoms with Crippen LogP contribution in [0.3, 0.4) is 0 Å². The van der Waals surface area contributed by atoms with Crippen LogP contribution in [0, 0.1) is 11.8 Å². The van der Waals surface area contributed by atoms with E-state index in [1.165, 1.54) is 22.7 Å². The van der Waals surface area contributed by atoms with Crippen LogP contribution < -0.4 is 0 Å². The van der Waals surface area contributed by atoms with Gasteiger partial charge in [-0.15, -0.1) is 0 Å². The normalized spacial score (nSPS) is 23.7. The largest absolute Gasteiger partial charge is 0.466 e. The average Bonchev–Trinajstić information content (AvgIpc) is 2.61. The molecule has 8 nitrogen and oxygen atoms in total. The molecule has 2 saturated heterocycles. The van der Waals surface area contributed by atoms with Crippen molar-refractivity contribution in [2.24, 2.45) is 11.8 Å². The highest BCUT2D eigenvalue weighted by atomic mass is 32.2. The van der Waals surface area contributed by atoms with E-state index in [0.717, 1.165) is 0 Å². The maximum Gasteiger partial charge on any atom is 0.309 e. The van der Waals surface area contributed by atoms with Crippen LogP contribution in [0.4, 0.5) is 0 Å². The summed E-state index contributed by atoms with van der Waals surface area (Å²) in [5, 5.41) is 0. The fraction of sp³-hybridized carbons (Fsp3) is 0.875. The lowest BCUT2D eigenvalue weighted by Crippen LogP contribution is -2.51. The van der Waals surface area contributed by atoms with E-state index in [0.29, 0.717) is 51.9 Å². The summed E-state index contributed by atoms with van der Waals surface area (Å²) in [5.41, 5.74) is 0. The fourth-order valence-corrected chi connectivity index (χ4v) is 4.63. The van der Waals surface area contributed by atoms with Gasteiger partial charge in [0.15, 0.2) is 0 Å². The number of hydrogen-bond acceptors (Lipinski definition) is 5. The Kier molecular flexibility index (Phi) is 6.81. The topological polar surface area (TPSA) is 87.2 Å². The van der Waals surface area contributed by atoms with Crippen molar-refractivity contribution in [3.8, 4) is 0 Å². The second kappa shape index (κ2) is 8.46. The Morgan fingerprint density at radius 3 is 2.28 bits per heavy atom. The van der Waals surface area contributed by atoms with Crippen LogP contribution in [-0.4, -0.2) is 80.7 Å². The number of carbonyl (C=O) groups is 2. The van der Waals surface area contributed by atoms with Gasteiger partial charge in [0.2, 0.25) is 5.91 Å². The first-order valence-corrected chi connectivity index (χ1v) is 10.3. The molecular formula is C16H29N3O5S. The third-order valence-corrected chi connectivity index (χ3v) is 6.85. The Morgan fingerprint density at radius 2 is 1.72 bits per heavy atom. The number of esters is 1. The van der Waals surface area contributed by atoms with Gasteiger partial charge in [-0.1, -0.05) is 0 Å². The molecule has 0 bridgehead atoms. The highest BCUT2D eigenvalue weighted by Crippen LogP contribution is 2.25. The van der Waals surface area contributed by atoms with Gasteiger partial charge in [0.05, 0.1) is 18.4 Å². The maximum atomic E-state index is 12.8. The predicted octanol–water partition coefficient (Wildman–Crippen LogP) is 0.307. The summed E-state index contributed by atoms with van der Waals surface area (Å²) in [6.45, 7) is 3.90. The summed E-state index contributed by atoms with van der Waals surface area (Å²) >= 11 is 0. The summed E-state index contributed by atoms with van der Waals surface area (Å²) < 4.78 is 32.2. The Morgan fingerprint density at radius 1 is 1.08 bits per heavy atom. The molecule has 0 aromatic rings. The Labute approximate surface area is 150 Å². The average molecular weight is 375 g/mol. The van der Waals surface area contributed by atoms with Gasteiger partial charge < -0.3 is 9.64 Å². The van der Waals surface area contributed by atoms with E-state index < -0.39 is 10.2 Å². The third-order valence-electron chi connectivity index (χ3n) is 4.95. The molecule has 25 heavy (non-hydrogen) atoms. The van der Waals surface area contributed by atoms with Gasteiger partial charge in [-0.25, -0.2) is 0 Å². The van der Waals surface area contributed by atoms with Crippen LogP contribution >= 0.6 is 0 Å². The van der Waals surface area contributed by atoms with Crippen molar-refractivity contribution in [2.75, 3.05) is 46.9 Å². The van der Waals surface area contributed by atoms with Crippen LogP contribution in [0.15, 0.2) is 0 Å². The number of piperidine rings is 2. The summed E-state index contributed by atoms with van der Waals surface area (Å²) in [5.74, 6) is -0.625. The first kappa shape index (κ1) is 20.1. The SMILES string of the molecule is CCOC(=O)C1CCN(C(=O)C2CCCN(S(=O)(=O)N(C)C)C2)CC1. The van der Waals surface area contributed by atoms with Crippen molar-refractivity contribution in [3.05, 3.63) is 0 Å². The van der Waals surface area contributed by atoms with Gasteiger partial charge in [-0.05, 0) is 32.6 Å². The van der Waals surface area contributed by atoms with E-state index in [-0.39, 0.29) is 30.3 Å². The zero-order valence-corrected chi connectivity index (χ0v) is 16.1. The molecule has 2 fully saturated rings. The molecule has 1 atom stereocenters. The lowest BCUT2D eigenvalue weighted by atomic mass is 9.93. The molecule has 2 rings (SSSR count). The van der Waals surface area contributed by atoms with Crippen LogP contribution in [0.1, 0.15) is 32.6 Å². The monoisotopic (exact) mass is 375 g/mol. The summed E-state index contributed by atoms with van der Waals surface area (Å²) in [6.07, 6.45) is 2.60. The van der Waals surface area contributed by atoms with Gasteiger partial charge in [0, 0.05) is 40.3 Å². The number of carbonyl (C=O) groups excluding carboxylic acids is 2. The Hall–Kier alpha value is -1.19. The molecule has 9 heteroatoms. The molecule has 2 heterocycles. The summed E-state index contributed by atoms with van der Waals surface area (Å²) in [4.78, 5) is 26.3. The molecule has 0 aromatic carbocycles. The molecule has 1 amide bonds. The van der Waals surface area contributed by atoms with Crippen molar-refractivity contribution in [3.63, 3.8) is 0 Å². The molecule has 0 aromatic heterocycles. The standard InChI is InChI=1S/C16H29N3O5S/c1-4-24-16(21)13-7-10-18(11-8-13)15(20)14-6-5-9-19(12-14)25(22,23)17(2)3/h13-14H,4-12H2,1-3H3. The zero-order valence-electron chi connectivity index (χ0n) is 15.3. The van der Waals surface area contributed by atoms with E-state index in [2.05, 4.69) is 0 Å². The lowest BCUT2D eigenvalue weighted by Gasteiger charge is -2.37. The summed E-state index contributed by atoms with van der Waals surface area (Å²) in [6, 6.07) is 0. The first-order chi connectivity index (χ1) is 11.8. The first-order valence-electron chi connectivity index (χ1n) is 8.90. The number of ether oxygens (including phenoxy) is 1. The minimum atomic E-state index is -3.49. The molecule has 0 spiro atoms. The van der Waals surface area contributed by atoms with Gasteiger partial charge in [-0.3, -0.25) is 9.59 Å². The van der Waals surface area contributed by atoms with Crippen molar-refractivity contribution < 1.29 is 22.7 Å². The van der Waals surface area contributed by atoms with Crippen molar-refractivity contribution >= 4 is 22.1 Å². The van der Waals surface area contributed by atoms with Crippen LogP contribution in [0.5, 0.6) is 0 Å². The molecule has 0 radical (unpaired) electrons. The van der Waals surface area contributed by atoms with E-state index >= 15 is 0 Å². The zero-order chi connectivity index (χ0) is 18.6. The smallest absolute Gasteiger partial charge is 0.309 e. The van der Waals surface area contributed by atoms with Gasteiger partial charge in [0.1, 0.15) is 0 Å². The minimum absolute atomic E-state index is 0.000894. The molecular weight excluding hydrogens is 346 g/mol. The fourth-order valence-electron chi connectivity index (χ4n) is 3.44. The maximum absolute atomic E-state index is 12.8. The number of hydrogen-bond donors (Lipinski definition) is 0. The molecule has 0 saturated carbocycles. The second-order valence-corrected chi connectivity index (χ2v) is 8.98. The van der Waals surface area contributed by atoms with Crippen LogP contribution in [-0.2, 0) is 24.5 Å². The van der Waals surface area contributed by atoms with E-state index in [9.17, 15) is 18.0 Å². The van der Waals surface area contributed by atoms with Gasteiger partial charge in [-0.2, -0.15) is 17.0 Å². The lowest BCUT2D eigenvalue weighted by molar-refractivity contribution is -0.152. The van der Waals surface area contributed by atoms with Gasteiger partial charge in [0.25, 0.3) is 10.2 Å². The van der Waals surface area contributed by atoms with E-state index in [1.54, 1.807) is 11.8 Å². The van der Waals surface area contributed by atoms with E-state index in [4.69, 9.17) is 4.74 Å². The highest BCUT2D eigenvalue weighted by Gasteiger charge is 2.36. The molecule has 2 aliphatic heterocycles.